The zero-order chi connectivity index (χ0) is 31.8. The van der Waals surface area contributed by atoms with Crippen molar-refractivity contribution >= 4 is 44.7 Å². The van der Waals surface area contributed by atoms with E-state index in [0.29, 0.717) is 31.4 Å². The summed E-state index contributed by atoms with van der Waals surface area (Å²) in [5, 5.41) is 19.2. The van der Waals surface area contributed by atoms with E-state index in [9.17, 15) is 19.5 Å². The van der Waals surface area contributed by atoms with Crippen molar-refractivity contribution in [2.45, 2.75) is 75.3 Å². The van der Waals surface area contributed by atoms with Gasteiger partial charge in [-0.2, -0.15) is 0 Å². The zero-order valence-corrected chi connectivity index (χ0v) is 27.3. The molecule has 11 nitrogen and oxygen atoms in total. The first-order valence-electron chi connectivity index (χ1n) is 15.5. The molecule has 4 heterocycles. The average molecular weight is 672 g/mol. The van der Waals surface area contributed by atoms with Crippen LogP contribution in [0.5, 0.6) is 0 Å². The van der Waals surface area contributed by atoms with Crippen LogP contribution >= 0.6 is 15.9 Å². The van der Waals surface area contributed by atoms with Gasteiger partial charge in [-0.05, 0) is 30.9 Å². The lowest BCUT2D eigenvalue weighted by Crippen LogP contribution is -2.60. The third kappa shape index (κ3) is 5.18. The monoisotopic (exact) mass is 670 g/mol. The number of carbonyl (C=O) groups excluding carboxylic acids is 3. The Balaban J connectivity index is 1.60. The summed E-state index contributed by atoms with van der Waals surface area (Å²) >= 11 is 3.76. The Morgan fingerprint density at radius 3 is 2.57 bits per heavy atom. The van der Waals surface area contributed by atoms with E-state index in [4.69, 9.17) is 4.74 Å². The largest absolute Gasteiger partial charge is 0.394 e. The number of hydrogen-bond donors (Lipinski definition) is 1. The van der Waals surface area contributed by atoms with Crippen LogP contribution in [0, 0.1) is 17.8 Å². The number of benzene rings is 1. The van der Waals surface area contributed by atoms with E-state index in [0.717, 1.165) is 11.9 Å². The number of carbonyl (C=O) groups is 3. The van der Waals surface area contributed by atoms with Crippen LogP contribution in [-0.4, -0.2) is 107 Å². The summed E-state index contributed by atoms with van der Waals surface area (Å²) in [5.41, 5.74) is 0.217. The van der Waals surface area contributed by atoms with Crippen LogP contribution in [-0.2, 0) is 25.8 Å². The minimum absolute atomic E-state index is 0.0743. The van der Waals surface area contributed by atoms with E-state index in [-0.39, 0.29) is 48.3 Å². The van der Waals surface area contributed by atoms with E-state index in [1.165, 1.54) is 0 Å². The number of aliphatic hydroxyl groups is 1. The summed E-state index contributed by atoms with van der Waals surface area (Å²) in [6.45, 7) is 14.5. The lowest BCUT2D eigenvalue weighted by molar-refractivity contribution is -0.154. The Hall–Kier alpha value is -3.09. The van der Waals surface area contributed by atoms with Crippen LogP contribution in [0.25, 0.3) is 11.0 Å². The SMILES string of the molecule is C=CCN(Cn1nnc2ccccc21)C(=O)C1N([C@@H](CO)[C@@H](C)CC)C(=O)[C@@H]2[C@H](C(=O)N(CC=C)CCC)[C@H]3OC12CC3Br. The molecule has 12 heteroatoms. The molecule has 3 unspecified atom stereocenters. The minimum atomic E-state index is -1.25. The van der Waals surface area contributed by atoms with E-state index >= 15 is 0 Å². The Bertz CT molecular complexity index is 1420. The Labute approximate surface area is 267 Å². The van der Waals surface area contributed by atoms with Crippen molar-refractivity contribution in [2.75, 3.05) is 26.2 Å². The number of aromatic nitrogens is 3. The van der Waals surface area contributed by atoms with Crippen molar-refractivity contribution in [2.24, 2.45) is 17.8 Å². The van der Waals surface area contributed by atoms with Crippen LogP contribution < -0.4 is 0 Å². The molecule has 1 aromatic carbocycles. The molecule has 1 aromatic heterocycles. The average Bonchev–Trinajstić information content (AvgIpc) is 3.74. The molecule has 44 heavy (non-hydrogen) atoms. The van der Waals surface area contributed by atoms with Crippen LogP contribution in [0.3, 0.4) is 0 Å². The van der Waals surface area contributed by atoms with Crippen LogP contribution in [0.4, 0.5) is 0 Å². The molecular formula is C32H43BrN6O5. The van der Waals surface area contributed by atoms with Gasteiger partial charge in [-0.3, -0.25) is 14.4 Å². The lowest BCUT2D eigenvalue weighted by Gasteiger charge is -2.40. The number of amides is 3. The van der Waals surface area contributed by atoms with Gasteiger partial charge < -0.3 is 24.5 Å². The van der Waals surface area contributed by atoms with Gasteiger partial charge in [0.15, 0.2) is 0 Å². The van der Waals surface area contributed by atoms with Crippen molar-refractivity contribution < 1.29 is 24.2 Å². The fraction of sp³-hybridized carbons (Fsp3) is 0.594. The number of rotatable bonds is 14. The second-order valence-electron chi connectivity index (χ2n) is 12.2. The Morgan fingerprint density at radius 1 is 1.20 bits per heavy atom. The molecule has 1 N–H and O–H groups in total. The van der Waals surface area contributed by atoms with Crippen LogP contribution in [0.1, 0.15) is 40.0 Å². The smallest absolute Gasteiger partial charge is 0.250 e. The number of fused-ring (bicyclic) bond motifs is 2. The Kier molecular flexibility index (Phi) is 9.62. The maximum absolute atomic E-state index is 14.9. The zero-order valence-electron chi connectivity index (χ0n) is 25.7. The van der Waals surface area contributed by atoms with E-state index < -0.39 is 35.6 Å². The summed E-state index contributed by atoms with van der Waals surface area (Å²) in [5.74, 6) is -2.56. The molecule has 0 aliphatic carbocycles. The highest BCUT2D eigenvalue weighted by molar-refractivity contribution is 9.09. The summed E-state index contributed by atoms with van der Waals surface area (Å²) in [6.07, 6.45) is 4.57. The number of hydrogen-bond acceptors (Lipinski definition) is 7. The molecule has 3 amide bonds. The highest BCUT2D eigenvalue weighted by atomic mass is 79.9. The normalized spacial score (nSPS) is 28.6. The molecule has 8 atom stereocenters. The number of ether oxygens (including phenoxy) is 1. The standard InChI is InChI=1S/C32H43BrN6O5/c1-6-14-36(15-7-2)29(41)25-26-30(42)39(24(18-40)20(5)9-4)28(32(26)17-21(33)27(25)44-32)31(43)37(16-8-3)19-38-23-13-11-10-12-22(23)34-35-38/h6,8,10-13,20-21,24-28,40H,1,3,7,9,14-19H2,2,4-5H3/t20-,21?,24-,25-,26-,27-,28?,32?/m0/s1. The lowest BCUT2D eigenvalue weighted by atomic mass is 9.70. The molecule has 3 fully saturated rings. The fourth-order valence-corrected chi connectivity index (χ4v) is 8.40. The Morgan fingerprint density at radius 2 is 1.91 bits per heavy atom. The first kappa shape index (κ1) is 32.3. The molecule has 3 saturated heterocycles. The number of likely N-dealkylation sites (tertiary alicyclic amines) is 1. The number of nitrogens with zero attached hydrogens (tertiary/aromatic N) is 6. The third-order valence-corrected chi connectivity index (χ3v) is 10.5. The van der Waals surface area contributed by atoms with Crippen molar-refractivity contribution in [3.63, 3.8) is 0 Å². The summed E-state index contributed by atoms with van der Waals surface area (Å²) in [4.78, 5) is 48.3. The number of para-hydroxylation sites is 1. The van der Waals surface area contributed by atoms with Crippen LogP contribution in [0.15, 0.2) is 49.6 Å². The highest BCUT2D eigenvalue weighted by Gasteiger charge is 2.77. The van der Waals surface area contributed by atoms with Crippen molar-refractivity contribution in [1.29, 1.82) is 0 Å². The van der Waals surface area contributed by atoms with Gasteiger partial charge >= 0.3 is 0 Å². The molecule has 1 spiro atoms. The molecule has 3 aliphatic rings. The van der Waals surface area contributed by atoms with Gasteiger partial charge in [0.25, 0.3) is 0 Å². The maximum atomic E-state index is 14.9. The predicted molar refractivity (Wildman–Crippen MR) is 169 cm³/mol. The van der Waals surface area contributed by atoms with Crippen molar-refractivity contribution in [1.82, 2.24) is 29.7 Å². The maximum Gasteiger partial charge on any atom is 0.250 e. The predicted octanol–water partition coefficient (Wildman–Crippen LogP) is 2.98. The molecular weight excluding hydrogens is 628 g/mol. The summed E-state index contributed by atoms with van der Waals surface area (Å²) in [6, 6.07) is 5.80. The first-order chi connectivity index (χ1) is 21.2. The summed E-state index contributed by atoms with van der Waals surface area (Å²) < 4.78 is 8.39. The number of alkyl halides is 1. The number of aliphatic hydroxyl groups excluding tert-OH is 1. The second kappa shape index (κ2) is 13.1. The third-order valence-electron chi connectivity index (χ3n) is 9.63. The molecule has 238 valence electrons. The molecule has 0 radical (unpaired) electrons. The van der Waals surface area contributed by atoms with E-state index in [1.807, 2.05) is 45.0 Å². The highest BCUT2D eigenvalue weighted by Crippen LogP contribution is 2.61. The molecule has 2 bridgehead atoms. The van der Waals surface area contributed by atoms with E-state index in [2.05, 4.69) is 39.4 Å². The fourth-order valence-electron chi connectivity index (χ4n) is 7.46. The second-order valence-corrected chi connectivity index (χ2v) is 13.4. The van der Waals surface area contributed by atoms with Gasteiger partial charge in [-0.1, -0.05) is 72.6 Å². The van der Waals surface area contributed by atoms with Gasteiger partial charge in [-0.15, -0.1) is 18.3 Å². The quantitative estimate of drug-likeness (QED) is 0.242. The van der Waals surface area contributed by atoms with Gasteiger partial charge in [-0.25, -0.2) is 4.68 Å². The molecule has 2 aromatic rings. The molecule has 0 saturated carbocycles. The molecule has 5 rings (SSSR count). The topological polar surface area (TPSA) is 121 Å². The van der Waals surface area contributed by atoms with Gasteiger partial charge in [0, 0.05) is 24.5 Å². The van der Waals surface area contributed by atoms with Gasteiger partial charge in [0.05, 0.1) is 36.1 Å². The van der Waals surface area contributed by atoms with Gasteiger partial charge in [0.1, 0.15) is 23.8 Å². The van der Waals surface area contributed by atoms with E-state index in [1.54, 1.807) is 31.5 Å². The minimum Gasteiger partial charge on any atom is -0.394 e. The van der Waals surface area contributed by atoms with Gasteiger partial charge in [0.2, 0.25) is 17.7 Å². The van der Waals surface area contributed by atoms with Crippen molar-refractivity contribution in [3.8, 4) is 0 Å². The number of halogens is 1. The molecule has 3 aliphatic heterocycles. The van der Waals surface area contributed by atoms with Crippen molar-refractivity contribution in [3.05, 3.63) is 49.6 Å². The summed E-state index contributed by atoms with van der Waals surface area (Å²) in [7, 11) is 0. The van der Waals surface area contributed by atoms with Crippen LogP contribution in [0.2, 0.25) is 0 Å². The first-order valence-corrected chi connectivity index (χ1v) is 16.4.